The van der Waals surface area contributed by atoms with Crippen LogP contribution in [0.15, 0.2) is 24.3 Å². The zero-order chi connectivity index (χ0) is 12.7. The minimum absolute atomic E-state index is 0.0244. The summed E-state index contributed by atoms with van der Waals surface area (Å²) < 4.78 is 5.49. The van der Waals surface area contributed by atoms with Crippen molar-refractivity contribution < 1.29 is 9.53 Å². The quantitative estimate of drug-likeness (QED) is 0.461. The summed E-state index contributed by atoms with van der Waals surface area (Å²) in [6, 6.07) is 7.12. The Kier molecular flexibility index (Phi) is 5.25. The van der Waals surface area contributed by atoms with E-state index in [4.69, 9.17) is 11.2 Å². The molecule has 0 heterocycles. The van der Waals surface area contributed by atoms with E-state index >= 15 is 0 Å². The number of terminal acetylenes is 1. The van der Waals surface area contributed by atoms with Crippen LogP contribution in [0.1, 0.15) is 24.2 Å². The highest BCUT2D eigenvalue weighted by Gasteiger charge is 2.05. The molecule has 0 atom stereocenters. The fourth-order valence-corrected chi connectivity index (χ4v) is 1.34. The molecular formula is C14H17NO2. The van der Waals surface area contributed by atoms with Crippen LogP contribution in [0.25, 0.3) is 0 Å². The summed E-state index contributed by atoms with van der Waals surface area (Å²) in [6.07, 6.45) is 5.21. The number of nitrogens with one attached hydrogen (secondary N) is 1. The number of carbonyl (C=O) groups is 1. The Morgan fingerprint density at radius 1 is 1.41 bits per heavy atom. The molecule has 0 saturated heterocycles. The molecule has 1 N–H and O–H groups in total. The van der Waals surface area contributed by atoms with Crippen LogP contribution >= 0.6 is 0 Å². The van der Waals surface area contributed by atoms with Crippen LogP contribution in [-0.2, 0) is 0 Å². The number of Topliss-reactive ketones (excluding diaryl/α,β-unsaturated/α-hetero) is 1. The molecule has 0 amide bonds. The molecule has 3 nitrogen and oxygen atoms in total. The van der Waals surface area contributed by atoms with Gasteiger partial charge in [-0.25, -0.2) is 0 Å². The Hall–Kier alpha value is -1.79. The molecule has 1 rings (SSSR count). The third kappa shape index (κ3) is 4.71. The van der Waals surface area contributed by atoms with Crippen molar-refractivity contribution in [3.63, 3.8) is 0 Å². The highest BCUT2D eigenvalue weighted by molar-refractivity contribution is 5.97. The highest BCUT2D eigenvalue weighted by Crippen LogP contribution is 2.13. The Labute approximate surface area is 102 Å². The molecule has 0 aromatic heterocycles. The summed E-state index contributed by atoms with van der Waals surface area (Å²) in [4.78, 5) is 11.7. The minimum Gasteiger partial charge on any atom is -0.491 e. The summed E-state index contributed by atoms with van der Waals surface area (Å²) >= 11 is 0. The van der Waals surface area contributed by atoms with Gasteiger partial charge in [-0.1, -0.05) is 5.92 Å². The van der Waals surface area contributed by atoms with Crippen LogP contribution < -0.4 is 10.1 Å². The van der Waals surface area contributed by atoms with Crippen molar-refractivity contribution in [2.24, 2.45) is 0 Å². The molecule has 90 valence electrons. The van der Waals surface area contributed by atoms with E-state index in [1.807, 2.05) is 13.8 Å². The van der Waals surface area contributed by atoms with E-state index in [-0.39, 0.29) is 18.4 Å². The van der Waals surface area contributed by atoms with E-state index in [9.17, 15) is 4.79 Å². The molecule has 0 aliphatic rings. The van der Waals surface area contributed by atoms with Gasteiger partial charge < -0.3 is 4.74 Å². The van der Waals surface area contributed by atoms with Crippen molar-refractivity contribution in [1.82, 2.24) is 5.32 Å². The zero-order valence-corrected chi connectivity index (χ0v) is 10.2. The van der Waals surface area contributed by atoms with Crippen LogP contribution in [0.2, 0.25) is 0 Å². The summed E-state index contributed by atoms with van der Waals surface area (Å²) in [5.74, 6) is 3.22. The molecule has 0 radical (unpaired) electrons. The number of benzene rings is 1. The summed E-state index contributed by atoms with van der Waals surface area (Å²) in [7, 11) is 0. The third-order valence-electron chi connectivity index (χ3n) is 2.06. The van der Waals surface area contributed by atoms with Crippen molar-refractivity contribution in [3.8, 4) is 18.1 Å². The number of hydrogen-bond acceptors (Lipinski definition) is 3. The average molecular weight is 231 g/mol. The molecule has 0 spiro atoms. The maximum Gasteiger partial charge on any atom is 0.176 e. The largest absolute Gasteiger partial charge is 0.491 e. The summed E-state index contributed by atoms with van der Waals surface area (Å²) in [6.45, 7) is 4.58. The fraction of sp³-hybridized carbons (Fsp3) is 0.357. The minimum atomic E-state index is 0.0244. The summed E-state index contributed by atoms with van der Waals surface area (Å²) in [5, 5.41) is 2.86. The van der Waals surface area contributed by atoms with Gasteiger partial charge in [0.05, 0.1) is 19.2 Å². The Bertz CT molecular complexity index is 401. The fourth-order valence-electron chi connectivity index (χ4n) is 1.34. The molecule has 0 fully saturated rings. The Balaban J connectivity index is 2.55. The maximum absolute atomic E-state index is 11.7. The topological polar surface area (TPSA) is 38.3 Å². The molecule has 0 unspecified atom stereocenters. The predicted octanol–water partition coefficient (Wildman–Crippen LogP) is 1.88. The smallest absolute Gasteiger partial charge is 0.176 e. The number of ether oxygens (including phenoxy) is 1. The second kappa shape index (κ2) is 6.72. The molecular weight excluding hydrogens is 214 g/mol. The standard InChI is InChI=1S/C14H17NO2/c1-4-9-15-10-14(16)12-5-7-13(8-6-12)17-11(2)3/h1,5-8,11,15H,9-10H2,2-3H3. The molecule has 0 saturated carbocycles. The lowest BCUT2D eigenvalue weighted by atomic mass is 10.1. The molecule has 0 aliphatic heterocycles. The van der Waals surface area contributed by atoms with Crippen molar-refractivity contribution in [2.45, 2.75) is 20.0 Å². The summed E-state index contributed by atoms with van der Waals surface area (Å²) in [5.41, 5.74) is 0.658. The van der Waals surface area contributed by atoms with Crippen molar-refractivity contribution >= 4 is 5.78 Å². The third-order valence-corrected chi connectivity index (χ3v) is 2.06. The normalized spacial score (nSPS) is 10.0. The number of carbonyl (C=O) groups excluding carboxylic acids is 1. The van der Waals surface area contributed by atoms with Gasteiger partial charge in [0.25, 0.3) is 0 Å². The van der Waals surface area contributed by atoms with E-state index in [1.165, 1.54) is 0 Å². The first kappa shape index (κ1) is 13.3. The lowest BCUT2D eigenvalue weighted by Crippen LogP contribution is -2.23. The van der Waals surface area contributed by atoms with E-state index in [0.717, 1.165) is 5.75 Å². The van der Waals surface area contributed by atoms with Gasteiger partial charge in [-0.05, 0) is 38.1 Å². The molecule has 1 aromatic carbocycles. The van der Waals surface area contributed by atoms with Gasteiger partial charge in [0.15, 0.2) is 5.78 Å². The Morgan fingerprint density at radius 3 is 2.59 bits per heavy atom. The first-order chi connectivity index (χ1) is 8.13. The van der Waals surface area contributed by atoms with Gasteiger partial charge in [0.2, 0.25) is 0 Å². The van der Waals surface area contributed by atoms with Crippen LogP contribution in [0.5, 0.6) is 5.75 Å². The molecule has 1 aromatic rings. The Morgan fingerprint density at radius 2 is 2.06 bits per heavy atom. The zero-order valence-electron chi connectivity index (χ0n) is 10.2. The maximum atomic E-state index is 11.7. The van der Waals surface area contributed by atoms with Gasteiger partial charge >= 0.3 is 0 Å². The van der Waals surface area contributed by atoms with Gasteiger partial charge in [-0.2, -0.15) is 0 Å². The second-order valence-electron chi connectivity index (χ2n) is 3.92. The van der Waals surface area contributed by atoms with Gasteiger partial charge in [-0.3, -0.25) is 10.1 Å². The molecule has 0 aliphatic carbocycles. The number of rotatable bonds is 6. The van der Waals surface area contributed by atoms with E-state index in [0.29, 0.717) is 12.1 Å². The van der Waals surface area contributed by atoms with Gasteiger partial charge in [0.1, 0.15) is 5.75 Å². The van der Waals surface area contributed by atoms with Crippen molar-refractivity contribution in [1.29, 1.82) is 0 Å². The number of ketones is 1. The number of hydrogen-bond donors (Lipinski definition) is 1. The van der Waals surface area contributed by atoms with Crippen LogP contribution in [0.4, 0.5) is 0 Å². The lowest BCUT2D eigenvalue weighted by Gasteiger charge is -2.09. The molecule has 0 bridgehead atoms. The van der Waals surface area contributed by atoms with Crippen LogP contribution in [0, 0.1) is 12.3 Å². The van der Waals surface area contributed by atoms with Crippen molar-refractivity contribution in [2.75, 3.05) is 13.1 Å². The monoisotopic (exact) mass is 231 g/mol. The first-order valence-electron chi connectivity index (χ1n) is 5.57. The van der Waals surface area contributed by atoms with Gasteiger partial charge in [-0.15, -0.1) is 6.42 Å². The van der Waals surface area contributed by atoms with Crippen LogP contribution in [-0.4, -0.2) is 25.0 Å². The molecule has 17 heavy (non-hydrogen) atoms. The van der Waals surface area contributed by atoms with E-state index in [1.54, 1.807) is 24.3 Å². The predicted molar refractivity (Wildman–Crippen MR) is 68.2 cm³/mol. The van der Waals surface area contributed by atoms with Crippen molar-refractivity contribution in [3.05, 3.63) is 29.8 Å². The average Bonchev–Trinajstić information content (AvgIpc) is 2.29. The van der Waals surface area contributed by atoms with Gasteiger partial charge in [0, 0.05) is 5.56 Å². The second-order valence-corrected chi connectivity index (χ2v) is 3.92. The van der Waals surface area contributed by atoms with E-state index < -0.39 is 0 Å². The van der Waals surface area contributed by atoms with E-state index in [2.05, 4.69) is 11.2 Å². The lowest BCUT2D eigenvalue weighted by molar-refractivity contribution is 0.0992. The first-order valence-corrected chi connectivity index (χ1v) is 5.57. The SMILES string of the molecule is C#CCNCC(=O)c1ccc(OC(C)C)cc1. The van der Waals surface area contributed by atoms with Crippen LogP contribution in [0.3, 0.4) is 0 Å². The highest BCUT2D eigenvalue weighted by atomic mass is 16.5. The molecule has 3 heteroatoms.